The molecule has 2 aromatic rings. The van der Waals surface area contributed by atoms with Crippen LogP contribution in [0.25, 0.3) is 0 Å². The summed E-state index contributed by atoms with van der Waals surface area (Å²) in [5, 5.41) is 3.02. The van der Waals surface area contributed by atoms with Gasteiger partial charge in [-0.15, -0.1) is 0 Å². The lowest BCUT2D eigenvalue weighted by Gasteiger charge is -2.29. The maximum atomic E-state index is 13.2. The van der Waals surface area contributed by atoms with Gasteiger partial charge in [0.1, 0.15) is 6.04 Å². The van der Waals surface area contributed by atoms with Gasteiger partial charge in [0.05, 0.1) is 0 Å². The highest BCUT2D eigenvalue weighted by molar-refractivity contribution is 5.87. The molecule has 0 radical (unpaired) electrons. The van der Waals surface area contributed by atoms with Gasteiger partial charge in [-0.05, 0) is 55.7 Å². The van der Waals surface area contributed by atoms with Gasteiger partial charge < -0.3 is 10.2 Å². The van der Waals surface area contributed by atoms with Gasteiger partial charge in [-0.25, -0.2) is 0 Å². The monoisotopic (exact) mass is 422 g/mol. The summed E-state index contributed by atoms with van der Waals surface area (Å²) < 4.78 is 0. The van der Waals surface area contributed by atoms with Crippen molar-refractivity contribution in [2.45, 2.75) is 78.3 Å². The third kappa shape index (κ3) is 7.86. The Hall–Kier alpha value is -2.62. The van der Waals surface area contributed by atoms with E-state index < -0.39 is 6.04 Å². The zero-order valence-electron chi connectivity index (χ0n) is 19.7. The first-order valence-electron chi connectivity index (χ1n) is 11.5. The summed E-state index contributed by atoms with van der Waals surface area (Å²) in [4.78, 5) is 27.6. The molecular formula is C27H38N2O2. The van der Waals surface area contributed by atoms with E-state index in [1.54, 1.807) is 4.90 Å². The molecule has 4 heteroatoms. The maximum Gasteiger partial charge on any atom is 0.242 e. The van der Waals surface area contributed by atoms with Gasteiger partial charge in [0.25, 0.3) is 0 Å². The van der Waals surface area contributed by atoms with Gasteiger partial charge in [0, 0.05) is 19.0 Å². The van der Waals surface area contributed by atoms with Crippen LogP contribution in [0, 0.1) is 0 Å². The van der Waals surface area contributed by atoms with E-state index in [-0.39, 0.29) is 17.9 Å². The molecule has 2 aromatic carbocycles. The predicted octanol–water partition coefficient (Wildman–Crippen LogP) is 5.12. The Labute approximate surface area is 188 Å². The maximum absolute atomic E-state index is 13.2. The molecule has 168 valence electrons. The van der Waals surface area contributed by atoms with Crippen LogP contribution in [0.2, 0.25) is 0 Å². The van der Waals surface area contributed by atoms with E-state index in [1.807, 2.05) is 39.0 Å². The number of benzene rings is 2. The van der Waals surface area contributed by atoms with Crippen molar-refractivity contribution in [2.75, 3.05) is 6.54 Å². The number of hydrogen-bond acceptors (Lipinski definition) is 2. The Bertz CT molecular complexity index is 815. The lowest BCUT2D eigenvalue weighted by atomic mass is 10.00. The van der Waals surface area contributed by atoms with E-state index in [9.17, 15) is 9.59 Å². The molecule has 2 rings (SSSR count). The minimum absolute atomic E-state index is 0.0238. The number of hydrogen-bond donors (Lipinski definition) is 1. The van der Waals surface area contributed by atoms with Gasteiger partial charge in [0.2, 0.25) is 11.8 Å². The fourth-order valence-corrected chi connectivity index (χ4v) is 3.50. The largest absolute Gasteiger partial charge is 0.352 e. The summed E-state index contributed by atoms with van der Waals surface area (Å²) in [6, 6.07) is 18.2. The van der Waals surface area contributed by atoms with Gasteiger partial charge in [-0.3, -0.25) is 9.59 Å². The first kappa shape index (κ1) is 24.6. The molecule has 0 heterocycles. The standard InChI is InChI=1S/C27H38N2O2/c1-6-21(4)28-27(31)22(5)29(19-18-23-10-8-7-9-11-23)26(30)17-14-24-12-15-25(16-13-24)20(2)3/h7-13,15-16,20-22H,6,14,17-19H2,1-5H3,(H,28,31)/t21-,22+/m1/s1. The van der Waals surface area contributed by atoms with Crippen molar-refractivity contribution in [1.29, 1.82) is 0 Å². The van der Waals surface area contributed by atoms with Crippen molar-refractivity contribution < 1.29 is 9.59 Å². The molecular weight excluding hydrogens is 384 g/mol. The van der Waals surface area contributed by atoms with E-state index in [4.69, 9.17) is 0 Å². The smallest absolute Gasteiger partial charge is 0.242 e. The third-order valence-corrected chi connectivity index (χ3v) is 5.93. The minimum atomic E-state index is -0.492. The van der Waals surface area contributed by atoms with E-state index in [2.05, 4.69) is 55.6 Å². The molecule has 4 nitrogen and oxygen atoms in total. The summed E-state index contributed by atoms with van der Waals surface area (Å²) in [6.45, 7) is 10.7. The summed E-state index contributed by atoms with van der Waals surface area (Å²) in [6.07, 6.45) is 2.68. The molecule has 0 aliphatic carbocycles. The fourth-order valence-electron chi connectivity index (χ4n) is 3.50. The van der Waals surface area contributed by atoms with Gasteiger partial charge in [-0.2, -0.15) is 0 Å². The van der Waals surface area contributed by atoms with Crippen LogP contribution in [0.3, 0.4) is 0 Å². The number of amides is 2. The Kier molecular flexibility index (Phi) is 9.77. The number of carbonyl (C=O) groups excluding carboxylic acids is 2. The quantitative estimate of drug-likeness (QED) is 0.547. The second-order valence-electron chi connectivity index (χ2n) is 8.71. The third-order valence-electron chi connectivity index (χ3n) is 5.93. The van der Waals surface area contributed by atoms with Crippen LogP contribution in [0.1, 0.15) is 70.1 Å². The molecule has 0 unspecified atom stereocenters. The highest BCUT2D eigenvalue weighted by Gasteiger charge is 2.26. The van der Waals surface area contributed by atoms with Crippen LogP contribution in [0.4, 0.5) is 0 Å². The first-order chi connectivity index (χ1) is 14.8. The summed E-state index contributed by atoms with van der Waals surface area (Å²) in [7, 11) is 0. The predicted molar refractivity (Wildman–Crippen MR) is 128 cm³/mol. The molecule has 0 spiro atoms. The lowest BCUT2D eigenvalue weighted by molar-refractivity contribution is -0.140. The molecule has 2 amide bonds. The molecule has 0 saturated heterocycles. The molecule has 0 fully saturated rings. The zero-order chi connectivity index (χ0) is 22.8. The minimum Gasteiger partial charge on any atom is -0.352 e. The van der Waals surface area contributed by atoms with E-state index in [0.29, 0.717) is 25.3 Å². The molecule has 0 bridgehead atoms. The van der Waals surface area contributed by atoms with E-state index in [0.717, 1.165) is 18.4 Å². The van der Waals surface area contributed by atoms with Crippen molar-refractivity contribution in [3.63, 3.8) is 0 Å². The second-order valence-corrected chi connectivity index (χ2v) is 8.71. The summed E-state index contributed by atoms with van der Waals surface area (Å²) in [5.74, 6) is 0.432. The topological polar surface area (TPSA) is 49.4 Å². The van der Waals surface area contributed by atoms with E-state index >= 15 is 0 Å². The Morgan fingerprint density at radius 2 is 1.48 bits per heavy atom. The van der Waals surface area contributed by atoms with Crippen molar-refractivity contribution >= 4 is 11.8 Å². The Balaban J connectivity index is 2.05. The van der Waals surface area contributed by atoms with Crippen LogP contribution in [0.15, 0.2) is 54.6 Å². The molecule has 31 heavy (non-hydrogen) atoms. The molecule has 0 saturated carbocycles. The summed E-state index contributed by atoms with van der Waals surface area (Å²) >= 11 is 0. The lowest BCUT2D eigenvalue weighted by Crippen LogP contribution is -2.50. The molecule has 0 aromatic heterocycles. The van der Waals surface area contributed by atoms with Crippen LogP contribution >= 0.6 is 0 Å². The van der Waals surface area contributed by atoms with Crippen LogP contribution in [-0.4, -0.2) is 35.3 Å². The number of nitrogens with zero attached hydrogens (tertiary/aromatic N) is 1. The van der Waals surface area contributed by atoms with Gasteiger partial charge in [-0.1, -0.05) is 75.4 Å². The molecule has 0 aliphatic rings. The van der Waals surface area contributed by atoms with Crippen LogP contribution in [0.5, 0.6) is 0 Å². The fraction of sp³-hybridized carbons (Fsp3) is 0.481. The molecule has 2 atom stereocenters. The van der Waals surface area contributed by atoms with Crippen LogP contribution in [-0.2, 0) is 22.4 Å². The Morgan fingerprint density at radius 1 is 0.871 bits per heavy atom. The van der Waals surface area contributed by atoms with Crippen molar-refractivity contribution in [3.05, 3.63) is 71.3 Å². The highest BCUT2D eigenvalue weighted by Crippen LogP contribution is 2.16. The average molecular weight is 423 g/mol. The van der Waals surface area contributed by atoms with Crippen molar-refractivity contribution in [3.8, 4) is 0 Å². The average Bonchev–Trinajstić information content (AvgIpc) is 2.78. The normalized spacial score (nSPS) is 13.0. The molecule has 1 N–H and O–H groups in total. The second kappa shape index (κ2) is 12.3. The highest BCUT2D eigenvalue weighted by atomic mass is 16.2. The van der Waals surface area contributed by atoms with Crippen molar-refractivity contribution in [1.82, 2.24) is 10.2 Å². The SMILES string of the molecule is CC[C@@H](C)NC(=O)[C@H](C)N(CCc1ccccc1)C(=O)CCc1ccc(C(C)C)cc1. The van der Waals surface area contributed by atoms with Gasteiger partial charge >= 0.3 is 0 Å². The number of carbonyl (C=O) groups is 2. The summed E-state index contributed by atoms with van der Waals surface area (Å²) in [5.41, 5.74) is 3.62. The van der Waals surface area contributed by atoms with Crippen LogP contribution < -0.4 is 5.32 Å². The first-order valence-corrected chi connectivity index (χ1v) is 11.5. The van der Waals surface area contributed by atoms with E-state index in [1.165, 1.54) is 11.1 Å². The number of rotatable bonds is 11. The zero-order valence-corrected chi connectivity index (χ0v) is 19.7. The van der Waals surface area contributed by atoms with Gasteiger partial charge in [0.15, 0.2) is 0 Å². The number of nitrogens with one attached hydrogen (secondary N) is 1. The number of aryl methyl sites for hydroxylation is 1. The Morgan fingerprint density at radius 3 is 2.06 bits per heavy atom. The molecule has 0 aliphatic heterocycles. The van der Waals surface area contributed by atoms with Crippen molar-refractivity contribution in [2.24, 2.45) is 0 Å².